The third-order valence-electron chi connectivity index (χ3n) is 5.16. The average molecular weight is 315 g/mol. The number of hydrogen-bond donors (Lipinski definition) is 1. The fraction of sp³-hybridized carbons (Fsp3) is 0.500. The summed E-state index contributed by atoms with van der Waals surface area (Å²) in [5, 5.41) is 10.1. The highest BCUT2D eigenvalue weighted by atomic mass is 16.4. The summed E-state index contributed by atoms with van der Waals surface area (Å²) >= 11 is 0. The molecule has 0 atom stereocenters. The van der Waals surface area contributed by atoms with E-state index in [1.165, 1.54) is 18.5 Å². The molecule has 0 saturated carbocycles. The lowest BCUT2D eigenvalue weighted by molar-refractivity contribution is 0.0699. The number of anilines is 1. The molecule has 0 bridgehead atoms. The van der Waals surface area contributed by atoms with E-state index in [0.29, 0.717) is 11.6 Å². The van der Waals surface area contributed by atoms with E-state index in [-0.39, 0.29) is 0 Å². The van der Waals surface area contributed by atoms with Crippen molar-refractivity contribution in [3.8, 4) is 0 Å². The van der Waals surface area contributed by atoms with Crippen molar-refractivity contribution in [2.45, 2.75) is 25.8 Å². The van der Waals surface area contributed by atoms with E-state index in [0.717, 1.165) is 30.5 Å². The maximum atomic E-state index is 11.3. The monoisotopic (exact) mass is 315 g/mol. The number of carboxylic acid groups (broad SMARTS) is 1. The Hall–Kier alpha value is -2.01. The highest BCUT2D eigenvalue weighted by molar-refractivity contribution is 6.04. The SMILES string of the molecule is CCN(C)C1CCN(c2ccc3c(C(=O)O)cn(C)c3c2)CC1. The first-order valence-electron chi connectivity index (χ1n) is 8.28. The predicted molar refractivity (Wildman–Crippen MR) is 93.4 cm³/mol. The molecule has 1 aliphatic heterocycles. The van der Waals surface area contributed by atoms with Gasteiger partial charge in [-0.15, -0.1) is 0 Å². The van der Waals surface area contributed by atoms with E-state index in [4.69, 9.17) is 0 Å². The molecule has 1 aliphatic rings. The Labute approximate surface area is 137 Å². The largest absolute Gasteiger partial charge is 0.478 e. The van der Waals surface area contributed by atoms with E-state index < -0.39 is 5.97 Å². The number of carbonyl (C=O) groups is 1. The van der Waals surface area contributed by atoms with E-state index in [1.807, 2.05) is 17.7 Å². The van der Waals surface area contributed by atoms with Crippen LogP contribution in [0.4, 0.5) is 5.69 Å². The maximum absolute atomic E-state index is 11.3. The normalized spacial score (nSPS) is 16.4. The van der Waals surface area contributed by atoms with Crippen LogP contribution < -0.4 is 4.90 Å². The van der Waals surface area contributed by atoms with Gasteiger partial charge in [-0.25, -0.2) is 4.79 Å². The number of fused-ring (bicyclic) bond motifs is 1. The molecule has 1 aromatic heterocycles. The third-order valence-corrected chi connectivity index (χ3v) is 5.16. The Kier molecular flexibility index (Phi) is 4.31. The number of nitrogens with zero attached hydrogens (tertiary/aromatic N) is 3. The number of carboxylic acids is 1. The molecular weight excluding hydrogens is 290 g/mol. The number of hydrogen-bond acceptors (Lipinski definition) is 3. The molecule has 1 aromatic carbocycles. The molecule has 0 amide bonds. The minimum Gasteiger partial charge on any atom is -0.478 e. The first kappa shape index (κ1) is 15.9. The summed E-state index contributed by atoms with van der Waals surface area (Å²) in [6.45, 7) is 5.40. The van der Waals surface area contributed by atoms with Gasteiger partial charge < -0.3 is 19.5 Å². The van der Waals surface area contributed by atoms with E-state index in [9.17, 15) is 9.90 Å². The van der Waals surface area contributed by atoms with Crippen LogP contribution in [-0.4, -0.2) is 53.3 Å². The van der Waals surface area contributed by atoms with Crippen molar-refractivity contribution in [2.75, 3.05) is 31.6 Å². The molecule has 0 unspecified atom stereocenters. The zero-order valence-electron chi connectivity index (χ0n) is 14.1. The smallest absolute Gasteiger partial charge is 0.337 e. The van der Waals surface area contributed by atoms with Crippen LogP contribution in [0.5, 0.6) is 0 Å². The van der Waals surface area contributed by atoms with Gasteiger partial charge in [0.15, 0.2) is 0 Å². The molecule has 5 nitrogen and oxygen atoms in total. The standard InChI is InChI=1S/C18H25N3O2/c1-4-19(2)13-7-9-21(10-8-13)14-5-6-15-16(18(22)23)12-20(3)17(15)11-14/h5-6,11-13H,4,7-10H2,1-3H3,(H,22,23). The molecule has 0 spiro atoms. The molecular formula is C18H25N3O2. The fourth-order valence-corrected chi connectivity index (χ4v) is 3.56. The Morgan fingerprint density at radius 1 is 1.35 bits per heavy atom. The van der Waals surface area contributed by atoms with Crippen molar-refractivity contribution >= 4 is 22.6 Å². The van der Waals surface area contributed by atoms with Gasteiger partial charge in [0.1, 0.15) is 0 Å². The minimum absolute atomic E-state index is 0.373. The Morgan fingerprint density at radius 2 is 2.04 bits per heavy atom. The van der Waals surface area contributed by atoms with Crippen LogP contribution in [0.1, 0.15) is 30.1 Å². The van der Waals surface area contributed by atoms with Crippen LogP contribution in [0.15, 0.2) is 24.4 Å². The van der Waals surface area contributed by atoms with Crippen LogP contribution in [0.3, 0.4) is 0 Å². The van der Waals surface area contributed by atoms with E-state index in [2.05, 4.69) is 35.9 Å². The topological polar surface area (TPSA) is 48.7 Å². The second kappa shape index (κ2) is 6.24. The number of piperidine rings is 1. The van der Waals surface area contributed by atoms with Crippen molar-refractivity contribution in [1.29, 1.82) is 0 Å². The number of aromatic nitrogens is 1. The summed E-state index contributed by atoms with van der Waals surface area (Å²) in [6.07, 6.45) is 4.05. The van der Waals surface area contributed by atoms with Gasteiger partial charge in [0.25, 0.3) is 0 Å². The van der Waals surface area contributed by atoms with Gasteiger partial charge in [-0.3, -0.25) is 0 Å². The quantitative estimate of drug-likeness (QED) is 0.942. The zero-order valence-corrected chi connectivity index (χ0v) is 14.1. The molecule has 2 heterocycles. The van der Waals surface area contributed by atoms with E-state index >= 15 is 0 Å². The summed E-state index contributed by atoms with van der Waals surface area (Å²) < 4.78 is 1.90. The van der Waals surface area contributed by atoms with Crippen molar-refractivity contribution in [3.05, 3.63) is 30.0 Å². The van der Waals surface area contributed by atoms with Gasteiger partial charge in [-0.05, 0) is 44.6 Å². The van der Waals surface area contributed by atoms with Crippen LogP contribution >= 0.6 is 0 Å². The lowest BCUT2D eigenvalue weighted by Crippen LogP contribution is -2.43. The van der Waals surface area contributed by atoms with Gasteiger partial charge in [0, 0.05) is 43.4 Å². The van der Waals surface area contributed by atoms with Gasteiger partial charge in [-0.1, -0.05) is 6.92 Å². The second-order valence-electron chi connectivity index (χ2n) is 6.45. The maximum Gasteiger partial charge on any atom is 0.337 e. The van der Waals surface area contributed by atoms with Crippen molar-refractivity contribution < 1.29 is 9.90 Å². The predicted octanol–water partition coefficient (Wildman–Crippen LogP) is 2.80. The Balaban J connectivity index is 1.82. The lowest BCUT2D eigenvalue weighted by atomic mass is 10.0. The van der Waals surface area contributed by atoms with Gasteiger partial charge >= 0.3 is 5.97 Å². The van der Waals surface area contributed by atoms with E-state index in [1.54, 1.807) is 6.20 Å². The number of benzene rings is 1. The summed E-state index contributed by atoms with van der Waals surface area (Å²) in [7, 11) is 4.10. The lowest BCUT2D eigenvalue weighted by Gasteiger charge is -2.37. The third kappa shape index (κ3) is 2.93. The summed E-state index contributed by atoms with van der Waals surface area (Å²) in [5.74, 6) is -0.869. The van der Waals surface area contributed by atoms with Crippen LogP contribution in [0.2, 0.25) is 0 Å². The van der Waals surface area contributed by atoms with Gasteiger partial charge in [0.2, 0.25) is 0 Å². The number of rotatable bonds is 4. The molecule has 1 N–H and O–H groups in total. The molecule has 1 saturated heterocycles. The fourth-order valence-electron chi connectivity index (χ4n) is 3.56. The molecule has 2 aromatic rings. The highest BCUT2D eigenvalue weighted by Crippen LogP contribution is 2.28. The molecule has 1 fully saturated rings. The molecule has 124 valence electrons. The Morgan fingerprint density at radius 3 is 2.65 bits per heavy atom. The second-order valence-corrected chi connectivity index (χ2v) is 6.45. The van der Waals surface area contributed by atoms with Crippen molar-refractivity contribution in [2.24, 2.45) is 7.05 Å². The summed E-state index contributed by atoms with van der Waals surface area (Å²) in [4.78, 5) is 16.2. The molecule has 5 heteroatoms. The summed E-state index contributed by atoms with van der Waals surface area (Å²) in [6, 6.07) is 6.79. The van der Waals surface area contributed by atoms with Gasteiger partial charge in [-0.2, -0.15) is 0 Å². The molecule has 3 rings (SSSR count). The van der Waals surface area contributed by atoms with Crippen LogP contribution in [-0.2, 0) is 7.05 Å². The van der Waals surface area contributed by atoms with Crippen LogP contribution in [0.25, 0.3) is 10.9 Å². The molecule has 0 radical (unpaired) electrons. The molecule has 0 aliphatic carbocycles. The Bertz CT molecular complexity index is 714. The highest BCUT2D eigenvalue weighted by Gasteiger charge is 2.22. The number of aromatic carboxylic acids is 1. The van der Waals surface area contributed by atoms with Gasteiger partial charge in [0.05, 0.1) is 11.1 Å². The zero-order chi connectivity index (χ0) is 16.6. The average Bonchev–Trinajstić information content (AvgIpc) is 2.91. The summed E-state index contributed by atoms with van der Waals surface area (Å²) in [5.41, 5.74) is 2.54. The molecule has 23 heavy (non-hydrogen) atoms. The van der Waals surface area contributed by atoms with Crippen LogP contribution in [0, 0.1) is 0 Å². The first-order valence-corrected chi connectivity index (χ1v) is 8.28. The number of aryl methyl sites for hydroxylation is 1. The van der Waals surface area contributed by atoms with Crippen molar-refractivity contribution in [3.63, 3.8) is 0 Å². The van der Waals surface area contributed by atoms with Crippen molar-refractivity contribution in [1.82, 2.24) is 9.47 Å². The minimum atomic E-state index is -0.869. The first-order chi connectivity index (χ1) is 11.0.